The van der Waals surface area contributed by atoms with Crippen LogP contribution in [-0.4, -0.2) is 34.9 Å². The van der Waals surface area contributed by atoms with Crippen LogP contribution in [0.4, 0.5) is 8.78 Å². The van der Waals surface area contributed by atoms with Crippen LogP contribution in [-0.2, 0) is 20.1 Å². The third-order valence-electron chi connectivity index (χ3n) is 4.63. The van der Waals surface area contributed by atoms with Crippen LogP contribution in [0.1, 0.15) is 21.6 Å². The molecule has 0 fully saturated rings. The summed E-state index contributed by atoms with van der Waals surface area (Å²) < 4.78 is 39.9. The first-order valence-electron chi connectivity index (χ1n) is 8.76. The van der Waals surface area contributed by atoms with E-state index in [0.717, 1.165) is 12.1 Å². The van der Waals surface area contributed by atoms with E-state index in [2.05, 4.69) is 5.10 Å². The average Bonchev–Trinajstić information content (AvgIpc) is 3.06. The zero-order valence-corrected chi connectivity index (χ0v) is 16.2. The molecule has 8 heteroatoms. The van der Waals surface area contributed by atoms with Gasteiger partial charge in [0.25, 0.3) is 0 Å². The highest BCUT2D eigenvalue weighted by molar-refractivity contribution is 5.99. The summed E-state index contributed by atoms with van der Waals surface area (Å²) >= 11 is 0. The minimum Gasteiger partial charge on any atom is -0.497 e. The van der Waals surface area contributed by atoms with Crippen LogP contribution in [0.15, 0.2) is 36.4 Å². The smallest absolute Gasteiger partial charge is 0.188 e. The van der Waals surface area contributed by atoms with Gasteiger partial charge in [0.2, 0.25) is 0 Å². The molecule has 0 bridgehead atoms. The number of methoxy groups -OCH3 is 2. The number of aryl methyl sites for hydroxylation is 1. The Bertz CT molecular complexity index is 1040. The molecule has 3 aromatic rings. The molecule has 0 radical (unpaired) electrons. The largest absolute Gasteiger partial charge is 0.497 e. The Labute approximate surface area is 166 Å². The lowest BCUT2D eigenvalue weighted by atomic mass is 10.00. The number of hydrogen-bond acceptors (Lipinski definition) is 5. The number of Topliss-reactive ketones (excluding diaryl/α,β-unsaturated/α-hetero) is 1. The summed E-state index contributed by atoms with van der Waals surface area (Å²) in [6.45, 7) is -0.496. The van der Waals surface area contributed by atoms with E-state index in [4.69, 9.17) is 9.47 Å². The number of aromatic nitrogens is 2. The van der Waals surface area contributed by atoms with Crippen LogP contribution in [0.5, 0.6) is 11.5 Å². The van der Waals surface area contributed by atoms with Gasteiger partial charge in [-0.25, -0.2) is 8.78 Å². The molecule has 0 atom stereocenters. The van der Waals surface area contributed by atoms with Gasteiger partial charge in [0, 0.05) is 30.2 Å². The minimum atomic E-state index is -0.811. The van der Waals surface area contributed by atoms with E-state index in [1.807, 2.05) is 0 Å². The fourth-order valence-corrected chi connectivity index (χ4v) is 3.22. The highest BCUT2D eigenvalue weighted by atomic mass is 19.1. The number of benzene rings is 2. The van der Waals surface area contributed by atoms with Crippen LogP contribution in [0, 0.1) is 11.6 Å². The van der Waals surface area contributed by atoms with Crippen molar-refractivity contribution < 1.29 is 28.2 Å². The number of carbonyl (C=O) groups excluding carboxylic acids is 1. The number of rotatable bonds is 7. The average molecular weight is 402 g/mol. The molecule has 1 heterocycles. The summed E-state index contributed by atoms with van der Waals surface area (Å²) in [5.41, 5.74) is 0.841. The number of halogens is 2. The molecule has 0 aliphatic rings. The topological polar surface area (TPSA) is 73.6 Å². The molecule has 0 unspecified atom stereocenters. The second kappa shape index (κ2) is 8.40. The summed E-state index contributed by atoms with van der Waals surface area (Å²) in [7, 11) is 4.61. The van der Waals surface area contributed by atoms with E-state index in [9.17, 15) is 18.7 Å². The molecule has 0 aliphatic carbocycles. The van der Waals surface area contributed by atoms with Crippen molar-refractivity contribution in [2.45, 2.75) is 13.0 Å². The molecule has 0 amide bonds. The van der Waals surface area contributed by atoms with Crippen LogP contribution in [0.25, 0.3) is 11.3 Å². The van der Waals surface area contributed by atoms with E-state index in [0.29, 0.717) is 22.8 Å². The number of nitrogens with zero attached hydrogens (tertiary/aromatic N) is 2. The highest BCUT2D eigenvalue weighted by Crippen LogP contribution is 2.36. The molecule has 1 aromatic heterocycles. The van der Waals surface area contributed by atoms with Crippen molar-refractivity contribution >= 4 is 5.78 Å². The van der Waals surface area contributed by atoms with E-state index >= 15 is 0 Å². The van der Waals surface area contributed by atoms with Gasteiger partial charge in [-0.1, -0.05) is 6.07 Å². The van der Waals surface area contributed by atoms with Crippen LogP contribution in [0.2, 0.25) is 0 Å². The van der Waals surface area contributed by atoms with Crippen molar-refractivity contribution in [3.8, 4) is 22.8 Å². The summed E-state index contributed by atoms with van der Waals surface area (Å²) in [4.78, 5) is 12.8. The molecule has 2 aromatic carbocycles. The Morgan fingerprint density at radius 3 is 2.38 bits per heavy atom. The molecular weight excluding hydrogens is 382 g/mol. The molecule has 6 nitrogen and oxygen atoms in total. The highest BCUT2D eigenvalue weighted by Gasteiger charge is 2.26. The lowest BCUT2D eigenvalue weighted by Crippen LogP contribution is -2.10. The number of hydrogen-bond donors (Lipinski definition) is 1. The predicted octanol–water partition coefficient (Wildman–Crippen LogP) is 3.30. The van der Waals surface area contributed by atoms with Gasteiger partial charge in [-0.3, -0.25) is 9.48 Å². The molecule has 3 rings (SSSR count). The number of ketones is 1. The lowest BCUT2D eigenvalue weighted by Gasteiger charge is -2.12. The number of aliphatic hydroxyl groups is 1. The Morgan fingerprint density at radius 2 is 1.79 bits per heavy atom. The first-order valence-corrected chi connectivity index (χ1v) is 8.76. The minimum absolute atomic E-state index is 0.0578. The zero-order valence-electron chi connectivity index (χ0n) is 16.2. The molecule has 152 valence electrons. The van der Waals surface area contributed by atoms with Gasteiger partial charge in [0.05, 0.1) is 26.5 Å². The van der Waals surface area contributed by atoms with E-state index in [-0.39, 0.29) is 16.8 Å². The maximum absolute atomic E-state index is 13.9. The monoisotopic (exact) mass is 402 g/mol. The summed E-state index contributed by atoms with van der Waals surface area (Å²) in [5, 5.41) is 14.2. The normalized spacial score (nSPS) is 10.8. The zero-order chi connectivity index (χ0) is 21.1. The maximum Gasteiger partial charge on any atom is 0.188 e. The van der Waals surface area contributed by atoms with E-state index in [1.54, 1.807) is 25.2 Å². The third kappa shape index (κ3) is 3.84. The Morgan fingerprint density at radius 1 is 1.10 bits per heavy atom. The Kier molecular flexibility index (Phi) is 5.93. The van der Waals surface area contributed by atoms with Gasteiger partial charge in [-0.05, 0) is 30.3 Å². The van der Waals surface area contributed by atoms with Crippen molar-refractivity contribution in [1.82, 2.24) is 9.78 Å². The molecule has 0 aliphatic heterocycles. The standard InChI is InChI=1S/C21H20F2N2O4/c1-25-21(14-9-12(28-2)7-8-19(14)29-3)15(11-26)20(24-25)18(27)10-13-16(22)5-4-6-17(13)23/h4-9,26H,10-11H2,1-3H3. The lowest BCUT2D eigenvalue weighted by molar-refractivity contribution is 0.0982. The molecule has 0 saturated heterocycles. The van der Waals surface area contributed by atoms with Gasteiger partial charge in [-0.15, -0.1) is 0 Å². The van der Waals surface area contributed by atoms with Crippen molar-refractivity contribution in [3.05, 3.63) is 64.9 Å². The Balaban J connectivity index is 2.09. The van der Waals surface area contributed by atoms with Crippen LogP contribution in [0.3, 0.4) is 0 Å². The second-order valence-corrected chi connectivity index (χ2v) is 6.32. The molecule has 0 spiro atoms. The Hall–Kier alpha value is -3.26. The van der Waals surface area contributed by atoms with Gasteiger partial charge < -0.3 is 14.6 Å². The van der Waals surface area contributed by atoms with Gasteiger partial charge in [0.1, 0.15) is 28.8 Å². The van der Waals surface area contributed by atoms with Crippen molar-refractivity contribution in [2.75, 3.05) is 14.2 Å². The number of carbonyl (C=O) groups is 1. The van der Waals surface area contributed by atoms with Crippen molar-refractivity contribution in [1.29, 1.82) is 0 Å². The second-order valence-electron chi connectivity index (χ2n) is 6.32. The van der Waals surface area contributed by atoms with Gasteiger partial charge in [-0.2, -0.15) is 5.10 Å². The van der Waals surface area contributed by atoms with Crippen molar-refractivity contribution in [3.63, 3.8) is 0 Å². The van der Waals surface area contributed by atoms with E-state index < -0.39 is 30.4 Å². The maximum atomic E-state index is 13.9. The predicted molar refractivity (Wildman–Crippen MR) is 102 cm³/mol. The molecular formula is C21H20F2N2O4. The fraction of sp³-hybridized carbons (Fsp3) is 0.238. The SMILES string of the molecule is COc1ccc(OC)c(-c2c(CO)c(C(=O)Cc3c(F)cccc3F)nn2C)c1. The number of ether oxygens (including phenoxy) is 2. The van der Waals surface area contributed by atoms with Gasteiger partial charge >= 0.3 is 0 Å². The summed E-state index contributed by atoms with van der Waals surface area (Å²) in [5.74, 6) is -1.19. The molecule has 1 N–H and O–H groups in total. The van der Waals surface area contributed by atoms with E-state index in [1.165, 1.54) is 25.0 Å². The third-order valence-corrected chi connectivity index (χ3v) is 4.63. The van der Waals surface area contributed by atoms with Crippen molar-refractivity contribution in [2.24, 2.45) is 7.05 Å². The molecule has 0 saturated carbocycles. The first-order chi connectivity index (χ1) is 13.9. The first kappa shape index (κ1) is 20.5. The van der Waals surface area contributed by atoms with Crippen LogP contribution >= 0.6 is 0 Å². The quantitative estimate of drug-likeness (QED) is 0.614. The van der Waals surface area contributed by atoms with Crippen LogP contribution < -0.4 is 9.47 Å². The summed E-state index contributed by atoms with van der Waals surface area (Å²) in [6.07, 6.45) is -0.517. The fourth-order valence-electron chi connectivity index (χ4n) is 3.22. The van der Waals surface area contributed by atoms with Gasteiger partial charge in [0.15, 0.2) is 5.78 Å². The molecule has 29 heavy (non-hydrogen) atoms. The number of aliphatic hydroxyl groups excluding tert-OH is 1. The summed E-state index contributed by atoms with van der Waals surface area (Å²) in [6, 6.07) is 8.50.